The zero-order chi connectivity index (χ0) is 19.1. The lowest BCUT2D eigenvalue weighted by Crippen LogP contribution is -2.60. The van der Waals surface area contributed by atoms with Gasteiger partial charge in [0.1, 0.15) is 18.3 Å². The number of methoxy groups -OCH3 is 2. The van der Waals surface area contributed by atoms with Crippen molar-refractivity contribution in [3.63, 3.8) is 0 Å². The molecule has 2 N–H and O–H groups in total. The molecule has 1 fully saturated rings. The zero-order valence-electron chi connectivity index (χ0n) is 15.6. The number of aliphatic hydroxyl groups is 2. The largest absolute Gasteiger partial charge is 0.454 e. The fraction of sp³-hybridized carbons (Fsp3) is 0.611. The Morgan fingerprint density at radius 2 is 1.85 bits per heavy atom. The summed E-state index contributed by atoms with van der Waals surface area (Å²) in [5, 5.41) is 20.8. The third-order valence-corrected chi connectivity index (χ3v) is 4.07. The van der Waals surface area contributed by atoms with Gasteiger partial charge in [-0.3, -0.25) is 0 Å². The molecular formula is C18H28N2O6. The maximum absolute atomic E-state index is 10.5. The van der Waals surface area contributed by atoms with Gasteiger partial charge in [-0.1, -0.05) is 30.3 Å². The zero-order valence-corrected chi connectivity index (χ0v) is 15.6. The SMILES string of the molecule is COCC1OC(OC)C(O/C(=N/Cc2ccccc2)N(C)C)C(O)C1O. The predicted octanol–water partition coefficient (Wildman–Crippen LogP) is 0.229. The Hall–Kier alpha value is -1.71. The molecule has 1 aromatic carbocycles. The molecule has 1 aliphatic heterocycles. The van der Waals surface area contributed by atoms with E-state index >= 15 is 0 Å². The second kappa shape index (κ2) is 9.84. The molecule has 0 bridgehead atoms. The van der Waals surface area contributed by atoms with Crippen molar-refractivity contribution in [1.29, 1.82) is 0 Å². The second-order valence-electron chi connectivity index (χ2n) is 6.28. The van der Waals surface area contributed by atoms with E-state index in [-0.39, 0.29) is 6.61 Å². The first-order valence-corrected chi connectivity index (χ1v) is 8.43. The van der Waals surface area contributed by atoms with Crippen molar-refractivity contribution < 1.29 is 29.2 Å². The van der Waals surface area contributed by atoms with Crippen LogP contribution in [0.25, 0.3) is 0 Å². The Bertz CT molecular complexity index is 566. The number of nitrogens with zero attached hydrogens (tertiary/aromatic N) is 2. The van der Waals surface area contributed by atoms with Gasteiger partial charge in [-0.05, 0) is 5.56 Å². The summed E-state index contributed by atoms with van der Waals surface area (Å²) in [5.74, 6) is 0. The van der Waals surface area contributed by atoms with Gasteiger partial charge in [-0.2, -0.15) is 0 Å². The van der Waals surface area contributed by atoms with Gasteiger partial charge in [0.15, 0.2) is 12.4 Å². The summed E-state index contributed by atoms with van der Waals surface area (Å²) in [4.78, 5) is 6.15. The Balaban J connectivity index is 2.13. The van der Waals surface area contributed by atoms with E-state index < -0.39 is 30.7 Å². The van der Waals surface area contributed by atoms with Crippen LogP contribution in [0.3, 0.4) is 0 Å². The van der Waals surface area contributed by atoms with Crippen LogP contribution in [-0.4, -0.2) is 86.8 Å². The Kier molecular flexibility index (Phi) is 7.80. The molecule has 0 amide bonds. The molecule has 0 aliphatic carbocycles. The lowest BCUT2D eigenvalue weighted by molar-refractivity contribution is -0.293. The highest BCUT2D eigenvalue weighted by Gasteiger charge is 2.46. The lowest BCUT2D eigenvalue weighted by atomic mass is 9.99. The molecule has 1 heterocycles. The minimum atomic E-state index is -1.21. The minimum absolute atomic E-state index is 0.132. The van der Waals surface area contributed by atoms with Crippen LogP contribution >= 0.6 is 0 Å². The molecule has 1 aromatic rings. The van der Waals surface area contributed by atoms with Crippen LogP contribution in [0.2, 0.25) is 0 Å². The summed E-state index contributed by atoms with van der Waals surface area (Å²) in [5.41, 5.74) is 1.03. The number of hydrogen-bond acceptors (Lipinski definition) is 7. The molecule has 1 aliphatic rings. The molecule has 0 saturated carbocycles. The highest BCUT2D eigenvalue weighted by atomic mass is 16.7. The second-order valence-corrected chi connectivity index (χ2v) is 6.28. The molecule has 1 saturated heterocycles. The van der Waals surface area contributed by atoms with Gasteiger partial charge in [-0.25, -0.2) is 4.99 Å². The number of rotatable bonds is 6. The minimum Gasteiger partial charge on any atom is -0.454 e. The molecule has 0 aromatic heterocycles. The normalized spacial score (nSPS) is 29.5. The van der Waals surface area contributed by atoms with E-state index in [9.17, 15) is 10.2 Å². The summed E-state index contributed by atoms with van der Waals surface area (Å²) in [6.07, 6.45) is -4.88. The van der Waals surface area contributed by atoms with Gasteiger partial charge in [0.2, 0.25) is 0 Å². The van der Waals surface area contributed by atoms with Crippen LogP contribution in [0.4, 0.5) is 0 Å². The first-order valence-electron chi connectivity index (χ1n) is 8.43. The summed E-state index contributed by atoms with van der Waals surface area (Å²) in [6, 6.07) is 10.0. The van der Waals surface area contributed by atoms with Crippen molar-refractivity contribution in [2.24, 2.45) is 4.99 Å². The molecule has 26 heavy (non-hydrogen) atoms. The molecule has 8 nitrogen and oxygen atoms in total. The highest BCUT2D eigenvalue weighted by molar-refractivity contribution is 5.73. The van der Waals surface area contributed by atoms with E-state index in [1.807, 2.05) is 30.3 Å². The van der Waals surface area contributed by atoms with Gasteiger partial charge in [-0.15, -0.1) is 0 Å². The van der Waals surface area contributed by atoms with Crippen LogP contribution < -0.4 is 0 Å². The number of ether oxygens (including phenoxy) is 4. The number of benzene rings is 1. The highest BCUT2D eigenvalue weighted by Crippen LogP contribution is 2.25. The molecule has 0 radical (unpaired) electrons. The molecule has 2 rings (SSSR count). The van der Waals surface area contributed by atoms with Crippen molar-refractivity contribution in [1.82, 2.24) is 4.90 Å². The molecule has 5 atom stereocenters. The predicted molar refractivity (Wildman–Crippen MR) is 95.7 cm³/mol. The first-order chi connectivity index (χ1) is 12.5. The maximum Gasteiger partial charge on any atom is 0.287 e. The molecule has 146 valence electrons. The summed E-state index contributed by atoms with van der Waals surface area (Å²) >= 11 is 0. The Labute approximate surface area is 154 Å². The van der Waals surface area contributed by atoms with Crippen molar-refractivity contribution in [3.8, 4) is 0 Å². The summed E-state index contributed by atoms with van der Waals surface area (Å²) in [6.45, 7) is 0.554. The van der Waals surface area contributed by atoms with E-state index in [0.717, 1.165) is 5.56 Å². The lowest BCUT2D eigenvalue weighted by Gasteiger charge is -2.41. The van der Waals surface area contributed by atoms with Crippen LogP contribution in [0.1, 0.15) is 5.56 Å². The summed E-state index contributed by atoms with van der Waals surface area (Å²) < 4.78 is 21.8. The van der Waals surface area contributed by atoms with Gasteiger partial charge in [0, 0.05) is 28.3 Å². The smallest absolute Gasteiger partial charge is 0.287 e. The fourth-order valence-electron chi connectivity index (χ4n) is 2.67. The number of aliphatic imine (C=N–C) groups is 1. The Morgan fingerprint density at radius 1 is 1.15 bits per heavy atom. The van der Waals surface area contributed by atoms with Crippen LogP contribution in [0.5, 0.6) is 0 Å². The maximum atomic E-state index is 10.5. The molecule has 8 heteroatoms. The van der Waals surface area contributed by atoms with E-state index in [1.165, 1.54) is 14.2 Å². The molecular weight excluding hydrogens is 340 g/mol. The van der Waals surface area contributed by atoms with E-state index in [0.29, 0.717) is 12.6 Å². The van der Waals surface area contributed by atoms with Gasteiger partial charge in [0.05, 0.1) is 13.2 Å². The number of aliphatic hydroxyl groups excluding tert-OH is 2. The van der Waals surface area contributed by atoms with E-state index in [1.54, 1.807) is 19.0 Å². The van der Waals surface area contributed by atoms with Crippen LogP contribution in [0, 0.1) is 0 Å². The Morgan fingerprint density at radius 3 is 2.42 bits per heavy atom. The van der Waals surface area contributed by atoms with Gasteiger partial charge in [0.25, 0.3) is 6.02 Å². The van der Waals surface area contributed by atoms with Crippen molar-refractivity contribution in [3.05, 3.63) is 35.9 Å². The number of hydrogen-bond donors (Lipinski definition) is 2. The fourth-order valence-corrected chi connectivity index (χ4v) is 2.67. The van der Waals surface area contributed by atoms with Gasteiger partial charge >= 0.3 is 0 Å². The third-order valence-electron chi connectivity index (χ3n) is 4.07. The quantitative estimate of drug-likeness (QED) is 0.548. The van der Waals surface area contributed by atoms with E-state index in [4.69, 9.17) is 18.9 Å². The van der Waals surface area contributed by atoms with Crippen LogP contribution in [-0.2, 0) is 25.5 Å². The average Bonchev–Trinajstić information content (AvgIpc) is 2.64. The standard InChI is InChI=1S/C18H28N2O6/c1-20(2)18(19-10-12-8-6-5-7-9-12)26-16-15(22)14(21)13(11-23-3)25-17(16)24-4/h5-9,13-17,21-22H,10-11H2,1-4H3/b19-18+. The third kappa shape index (κ3) is 5.15. The monoisotopic (exact) mass is 368 g/mol. The molecule has 0 spiro atoms. The van der Waals surface area contributed by atoms with Crippen molar-refractivity contribution in [2.45, 2.75) is 37.3 Å². The van der Waals surface area contributed by atoms with Gasteiger partial charge < -0.3 is 34.1 Å². The molecule has 5 unspecified atom stereocenters. The topological polar surface area (TPSA) is 93.0 Å². The van der Waals surface area contributed by atoms with Crippen molar-refractivity contribution in [2.75, 3.05) is 34.9 Å². The number of amidine groups is 1. The van der Waals surface area contributed by atoms with E-state index in [2.05, 4.69) is 4.99 Å². The first kappa shape index (κ1) is 20.6. The average molecular weight is 368 g/mol. The van der Waals surface area contributed by atoms with Crippen LogP contribution in [0.15, 0.2) is 35.3 Å². The summed E-state index contributed by atoms with van der Waals surface area (Å²) in [7, 11) is 6.51. The van der Waals surface area contributed by atoms with Crippen molar-refractivity contribution >= 4 is 6.02 Å².